The standard InChI is InChI=1S/C13H24/c1-4-7-12-10-6-9-11(3)13(12)8-5-2/h3,11-13H,4-10H2,1-2H3. The Kier molecular flexibility index (Phi) is 4.83. The van der Waals surface area contributed by atoms with Crippen LogP contribution in [0.2, 0.25) is 0 Å². The van der Waals surface area contributed by atoms with Gasteiger partial charge in [0, 0.05) is 0 Å². The van der Waals surface area contributed by atoms with E-state index in [-0.39, 0.29) is 0 Å². The van der Waals surface area contributed by atoms with Gasteiger partial charge in [-0.1, -0.05) is 52.4 Å². The van der Waals surface area contributed by atoms with Crippen molar-refractivity contribution in [3.8, 4) is 0 Å². The first-order valence-electron chi connectivity index (χ1n) is 6.05. The lowest BCUT2D eigenvalue weighted by Crippen LogP contribution is -2.26. The third-order valence-electron chi connectivity index (χ3n) is 3.55. The molecule has 0 nitrogen and oxygen atoms in total. The van der Waals surface area contributed by atoms with E-state index in [0.29, 0.717) is 5.92 Å². The molecule has 0 aliphatic heterocycles. The zero-order valence-corrected chi connectivity index (χ0v) is 9.26. The first-order valence-corrected chi connectivity index (χ1v) is 6.05. The van der Waals surface area contributed by atoms with Crippen molar-refractivity contribution in [2.45, 2.75) is 58.8 Å². The van der Waals surface area contributed by atoms with E-state index in [2.05, 4.69) is 13.8 Å². The van der Waals surface area contributed by atoms with Crippen molar-refractivity contribution >= 4 is 0 Å². The molecule has 1 aliphatic rings. The Bertz CT molecular complexity index is 126. The summed E-state index contributed by atoms with van der Waals surface area (Å²) in [6, 6.07) is 0. The molecule has 3 unspecified atom stereocenters. The van der Waals surface area contributed by atoms with Crippen LogP contribution in [0.3, 0.4) is 0 Å². The third-order valence-corrected chi connectivity index (χ3v) is 3.55. The van der Waals surface area contributed by atoms with Crippen LogP contribution in [0.25, 0.3) is 0 Å². The average molecular weight is 180 g/mol. The Morgan fingerprint density at radius 2 is 1.77 bits per heavy atom. The number of hydrogen-bond acceptors (Lipinski definition) is 0. The van der Waals surface area contributed by atoms with E-state index < -0.39 is 0 Å². The first-order chi connectivity index (χ1) is 6.29. The summed E-state index contributed by atoms with van der Waals surface area (Å²) >= 11 is 0. The highest BCUT2D eigenvalue weighted by Crippen LogP contribution is 2.39. The highest BCUT2D eigenvalue weighted by Gasteiger charge is 2.28. The molecule has 76 valence electrons. The summed E-state index contributed by atoms with van der Waals surface area (Å²) in [5, 5.41) is 0. The van der Waals surface area contributed by atoms with E-state index in [1.54, 1.807) is 0 Å². The van der Waals surface area contributed by atoms with Crippen LogP contribution in [0.1, 0.15) is 58.8 Å². The fourth-order valence-corrected chi connectivity index (χ4v) is 2.91. The molecular weight excluding hydrogens is 156 g/mol. The van der Waals surface area contributed by atoms with Crippen LogP contribution in [0.15, 0.2) is 0 Å². The maximum Gasteiger partial charge on any atom is -0.0315 e. The van der Waals surface area contributed by atoms with E-state index in [1.165, 1.54) is 44.9 Å². The second kappa shape index (κ2) is 5.67. The largest absolute Gasteiger partial charge is 0.0654 e. The van der Waals surface area contributed by atoms with Gasteiger partial charge >= 0.3 is 0 Å². The maximum atomic E-state index is 6.19. The van der Waals surface area contributed by atoms with Crippen molar-refractivity contribution in [2.75, 3.05) is 0 Å². The molecule has 2 radical (unpaired) electrons. The molecule has 3 atom stereocenters. The van der Waals surface area contributed by atoms with Gasteiger partial charge in [0.25, 0.3) is 0 Å². The lowest BCUT2D eigenvalue weighted by Gasteiger charge is -2.36. The fourth-order valence-electron chi connectivity index (χ4n) is 2.91. The fraction of sp³-hybridized carbons (Fsp3) is 0.923. The summed E-state index contributed by atoms with van der Waals surface area (Å²) in [6.07, 6.45) is 9.46. The van der Waals surface area contributed by atoms with Gasteiger partial charge in [0.15, 0.2) is 0 Å². The molecular formula is C13H24. The molecule has 1 saturated carbocycles. The molecule has 0 bridgehead atoms. The van der Waals surface area contributed by atoms with Crippen molar-refractivity contribution in [1.82, 2.24) is 0 Å². The van der Waals surface area contributed by atoms with Crippen LogP contribution >= 0.6 is 0 Å². The molecule has 0 aromatic heterocycles. The van der Waals surface area contributed by atoms with Gasteiger partial charge in [0.2, 0.25) is 0 Å². The molecule has 0 N–H and O–H groups in total. The Balaban J connectivity index is 2.46. The minimum absolute atomic E-state index is 0.505. The van der Waals surface area contributed by atoms with Gasteiger partial charge in [0.05, 0.1) is 0 Å². The van der Waals surface area contributed by atoms with E-state index in [1.807, 2.05) is 0 Å². The van der Waals surface area contributed by atoms with E-state index in [0.717, 1.165) is 11.8 Å². The highest BCUT2D eigenvalue weighted by molar-refractivity contribution is 4.82. The van der Waals surface area contributed by atoms with Gasteiger partial charge in [-0.25, -0.2) is 0 Å². The van der Waals surface area contributed by atoms with Crippen LogP contribution in [-0.2, 0) is 0 Å². The Morgan fingerprint density at radius 3 is 2.38 bits per heavy atom. The van der Waals surface area contributed by atoms with Crippen LogP contribution in [0.4, 0.5) is 0 Å². The summed E-state index contributed by atoms with van der Waals surface area (Å²) in [7, 11) is 0. The van der Waals surface area contributed by atoms with Gasteiger partial charge < -0.3 is 0 Å². The minimum Gasteiger partial charge on any atom is -0.0654 e. The number of rotatable bonds is 4. The predicted octanol–water partition coefficient (Wildman–Crippen LogP) is 4.33. The highest BCUT2D eigenvalue weighted by atomic mass is 14.3. The third kappa shape index (κ3) is 3.00. The summed E-state index contributed by atoms with van der Waals surface area (Å²) in [4.78, 5) is 0. The maximum absolute atomic E-state index is 6.19. The quantitative estimate of drug-likeness (QED) is 0.604. The lowest BCUT2D eigenvalue weighted by atomic mass is 9.69. The summed E-state index contributed by atoms with van der Waals surface area (Å²) in [5.41, 5.74) is 0. The lowest BCUT2D eigenvalue weighted by molar-refractivity contribution is 0.160. The molecule has 0 heteroatoms. The van der Waals surface area contributed by atoms with E-state index in [4.69, 9.17) is 6.92 Å². The molecule has 0 saturated heterocycles. The van der Waals surface area contributed by atoms with Crippen molar-refractivity contribution in [2.24, 2.45) is 17.8 Å². The monoisotopic (exact) mass is 180 g/mol. The zero-order chi connectivity index (χ0) is 9.68. The summed E-state index contributed by atoms with van der Waals surface area (Å²) in [6.45, 7) is 10.8. The molecule has 0 heterocycles. The van der Waals surface area contributed by atoms with Gasteiger partial charge in [-0.15, -0.1) is 0 Å². The van der Waals surface area contributed by atoms with E-state index in [9.17, 15) is 0 Å². The summed E-state index contributed by atoms with van der Waals surface area (Å²) < 4.78 is 0. The van der Waals surface area contributed by atoms with Crippen LogP contribution in [-0.4, -0.2) is 0 Å². The second-order valence-electron chi connectivity index (χ2n) is 4.60. The SMILES string of the molecule is [CH]C1CCCC(CCC)C1CCC. The molecule has 1 aliphatic carbocycles. The first kappa shape index (κ1) is 11.1. The molecule has 0 aromatic carbocycles. The molecule has 1 fully saturated rings. The Morgan fingerprint density at radius 1 is 1.08 bits per heavy atom. The topological polar surface area (TPSA) is 0 Å². The van der Waals surface area contributed by atoms with Gasteiger partial charge in [0.1, 0.15) is 0 Å². The van der Waals surface area contributed by atoms with Crippen LogP contribution < -0.4 is 0 Å². The van der Waals surface area contributed by atoms with Crippen LogP contribution in [0, 0.1) is 24.7 Å². The Hall–Kier alpha value is 0. The van der Waals surface area contributed by atoms with Crippen molar-refractivity contribution in [3.63, 3.8) is 0 Å². The van der Waals surface area contributed by atoms with Crippen molar-refractivity contribution in [1.29, 1.82) is 0 Å². The molecule has 0 aromatic rings. The normalized spacial score (nSPS) is 34.8. The zero-order valence-electron chi connectivity index (χ0n) is 9.26. The van der Waals surface area contributed by atoms with Crippen molar-refractivity contribution < 1.29 is 0 Å². The molecule has 1 rings (SSSR count). The Labute approximate surface area is 84.1 Å². The van der Waals surface area contributed by atoms with E-state index >= 15 is 0 Å². The molecule has 0 amide bonds. The predicted molar refractivity (Wildman–Crippen MR) is 58.4 cm³/mol. The van der Waals surface area contributed by atoms with Gasteiger partial charge in [-0.05, 0) is 31.1 Å². The van der Waals surface area contributed by atoms with Crippen LogP contribution in [0.5, 0.6) is 0 Å². The average Bonchev–Trinajstić information content (AvgIpc) is 2.11. The minimum atomic E-state index is 0.505. The molecule has 0 spiro atoms. The smallest absolute Gasteiger partial charge is 0.0315 e. The van der Waals surface area contributed by atoms with Crippen molar-refractivity contribution in [3.05, 3.63) is 6.92 Å². The van der Waals surface area contributed by atoms with Gasteiger partial charge in [-0.2, -0.15) is 0 Å². The second-order valence-corrected chi connectivity index (χ2v) is 4.60. The van der Waals surface area contributed by atoms with Gasteiger partial charge in [-0.3, -0.25) is 0 Å². The summed E-state index contributed by atoms with van der Waals surface area (Å²) in [5.74, 6) is 2.28. The number of hydrogen-bond donors (Lipinski definition) is 0. The molecule has 13 heavy (non-hydrogen) atoms.